The maximum absolute atomic E-state index is 12.5. The number of rotatable bonds is 6. The zero-order chi connectivity index (χ0) is 19.5. The molecule has 0 radical (unpaired) electrons. The molecule has 28 heavy (non-hydrogen) atoms. The molecule has 0 spiro atoms. The maximum Gasteiger partial charge on any atom is 0.277 e. The molecule has 0 fully saturated rings. The van der Waals surface area contributed by atoms with Crippen LogP contribution in [0.5, 0.6) is 11.5 Å². The van der Waals surface area contributed by atoms with Gasteiger partial charge in [0.1, 0.15) is 0 Å². The molecular formula is C20H19N3O4S. The Hall–Kier alpha value is -3.00. The van der Waals surface area contributed by atoms with Crippen LogP contribution < -0.4 is 14.8 Å². The van der Waals surface area contributed by atoms with E-state index in [9.17, 15) is 4.79 Å². The summed E-state index contributed by atoms with van der Waals surface area (Å²) < 4.78 is 16.4. The lowest BCUT2D eigenvalue weighted by atomic mass is 10.1. The van der Waals surface area contributed by atoms with Crippen LogP contribution in [0.4, 0.5) is 0 Å². The van der Waals surface area contributed by atoms with Crippen molar-refractivity contribution >= 4 is 17.7 Å². The third-order valence-electron chi connectivity index (χ3n) is 4.33. The molecule has 0 aliphatic carbocycles. The largest absolute Gasteiger partial charge is 0.454 e. The molecule has 1 aromatic heterocycles. The third kappa shape index (κ3) is 3.96. The summed E-state index contributed by atoms with van der Waals surface area (Å²) in [6.45, 7) is 3.97. The van der Waals surface area contributed by atoms with Crippen molar-refractivity contribution in [3.05, 3.63) is 54.1 Å². The molecule has 0 bridgehead atoms. The molecule has 144 valence electrons. The van der Waals surface area contributed by atoms with Crippen molar-refractivity contribution in [1.82, 2.24) is 15.5 Å². The first-order valence-corrected chi connectivity index (χ1v) is 9.73. The highest BCUT2D eigenvalue weighted by molar-refractivity contribution is 8.00. The van der Waals surface area contributed by atoms with Crippen LogP contribution >= 0.6 is 11.8 Å². The van der Waals surface area contributed by atoms with Gasteiger partial charge in [0, 0.05) is 5.56 Å². The summed E-state index contributed by atoms with van der Waals surface area (Å²) in [4.78, 5) is 12.5. The van der Waals surface area contributed by atoms with Crippen molar-refractivity contribution in [3.8, 4) is 23.0 Å². The summed E-state index contributed by atoms with van der Waals surface area (Å²) in [5.41, 5.74) is 1.79. The van der Waals surface area contributed by atoms with E-state index in [4.69, 9.17) is 13.9 Å². The van der Waals surface area contributed by atoms with Gasteiger partial charge >= 0.3 is 0 Å². The van der Waals surface area contributed by atoms with Crippen molar-refractivity contribution in [1.29, 1.82) is 0 Å². The normalized spacial score (nSPS) is 14.5. The summed E-state index contributed by atoms with van der Waals surface area (Å²) >= 11 is 1.22. The Labute approximate surface area is 166 Å². The summed E-state index contributed by atoms with van der Waals surface area (Å²) in [7, 11) is 0. The first-order chi connectivity index (χ1) is 13.6. The second-order valence-electron chi connectivity index (χ2n) is 6.34. The van der Waals surface area contributed by atoms with E-state index >= 15 is 0 Å². The van der Waals surface area contributed by atoms with E-state index in [-0.39, 0.29) is 24.0 Å². The van der Waals surface area contributed by atoms with Crippen LogP contribution in [0.2, 0.25) is 0 Å². The van der Waals surface area contributed by atoms with Gasteiger partial charge in [-0.3, -0.25) is 4.79 Å². The van der Waals surface area contributed by atoms with E-state index in [0.717, 1.165) is 11.1 Å². The monoisotopic (exact) mass is 397 g/mol. The fourth-order valence-electron chi connectivity index (χ4n) is 2.76. The molecule has 0 saturated heterocycles. The van der Waals surface area contributed by atoms with E-state index in [1.807, 2.05) is 50.2 Å². The second-order valence-corrected chi connectivity index (χ2v) is 7.63. The molecule has 1 aliphatic rings. The number of fused-ring (bicyclic) bond motifs is 1. The second kappa shape index (κ2) is 7.93. The lowest BCUT2D eigenvalue weighted by Crippen LogP contribution is -2.33. The van der Waals surface area contributed by atoms with Gasteiger partial charge in [0.05, 0.1) is 11.3 Å². The number of nitrogens with one attached hydrogen (secondary N) is 1. The maximum atomic E-state index is 12.5. The number of benzene rings is 2. The van der Waals surface area contributed by atoms with E-state index in [2.05, 4.69) is 15.5 Å². The van der Waals surface area contributed by atoms with Crippen LogP contribution in [0, 0.1) is 0 Å². The number of hydrogen-bond acceptors (Lipinski definition) is 7. The number of nitrogens with zero attached hydrogens (tertiary/aromatic N) is 2. The molecule has 3 aromatic rings. The van der Waals surface area contributed by atoms with Gasteiger partial charge in [0.25, 0.3) is 5.22 Å². The summed E-state index contributed by atoms with van der Waals surface area (Å²) in [5, 5.41) is 11.1. The van der Waals surface area contributed by atoms with E-state index in [1.54, 1.807) is 12.1 Å². The zero-order valence-electron chi connectivity index (χ0n) is 15.4. The van der Waals surface area contributed by atoms with Gasteiger partial charge in [-0.2, -0.15) is 0 Å². The number of carbonyl (C=O) groups is 1. The highest BCUT2D eigenvalue weighted by Crippen LogP contribution is 2.36. The lowest BCUT2D eigenvalue weighted by molar-refractivity contribution is -0.120. The lowest BCUT2D eigenvalue weighted by Gasteiger charge is -2.16. The number of hydrogen-bond donors (Lipinski definition) is 1. The molecule has 2 atom stereocenters. The first-order valence-electron chi connectivity index (χ1n) is 8.85. The number of aromatic nitrogens is 2. The molecule has 0 saturated carbocycles. The van der Waals surface area contributed by atoms with Gasteiger partial charge in [0.2, 0.25) is 18.6 Å². The van der Waals surface area contributed by atoms with Crippen molar-refractivity contribution in [3.63, 3.8) is 0 Å². The number of thioether (sulfide) groups is 1. The Kier molecular flexibility index (Phi) is 5.21. The van der Waals surface area contributed by atoms with Crippen molar-refractivity contribution in [2.75, 3.05) is 6.79 Å². The quantitative estimate of drug-likeness (QED) is 0.633. The van der Waals surface area contributed by atoms with Gasteiger partial charge in [-0.05, 0) is 37.6 Å². The molecule has 2 heterocycles. The van der Waals surface area contributed by atoms with Crippen LogP contribution in [-0.2, 0) is 4.79 Å². The van der Waals surface area contributed by atoms with E-state index < -0.39 is 0 Å². The standard InChI is InChI=1S/C20H19N3O4S/c1-12(14-6-4-3-5-7-14)21-18(24)13(2)28-20-23-22-19(27-20)15-8-9-16-17(10-15)26-11-25-16/h3-10,12-13H,11H2,1-2H3,(H,21,24)/t12-,13+/m1/s1. The molecule has 7 nitrogen and oxygen atoms in total. The Bertz CT molecular complexity index is 977. The number of carbonyl (C=O) groups excluding carboxylic acids is 1. The smallest absolute Gasteiger partial charge is 0.277 e. The van der Waals surface area contributed by atoms with Crippen LogP contribution in [-0.4, -0.2) is 28.1 Å². The van der Waals surface area contributed by atoms with Crippen LogP contribution in [0.25, 0.3) is 11.5 Å². The fourth-order valence-corrected chi connectivity index (χ4v) is 3.46. The first kappa shape index (κ1) is 18.4. The van der Waals surface area contributed by atoms with Gasteiger partial charge < -0.3 is 19.2 Å². The van der Waals surface area contributed by atoms with Gasteiger partial charge in [0.15, 0.2) is 11.5 Å². The van der Waals surface area contributed by atoms with E-state index in [0.29, 0.717) is 22.6 Å². The predicted molar refractivity (Wildman–Crippen MR) is 104 cm³/mol. The highest BCUT2D eigenvalue weighted by Gasteiger charge is 2.21. The molecule has 0 unspecified atom stereocenters. The minimum absolute atomic E-state index is 0.0800. The highest BCUT2D eigenvalue weighted by atomic mass is 32.2. The van der Waals surface area contributed by atoms with Gasteiger partial charge in [-0.15, -0.1) is 10.2 Å². The SMILES string of the molecule is C[C@H](Sc1nnc(-c2ccc3c(c2)OCO3)o1)C(=O)N[C@H](C)c1ccccc1. The van der Waals surface area contributed by atoms with Crippen LogP contribution in [0.15, 0.2) is 58.2 Å². The fraction of sp³-hybridized carbons (Fsp3) is 0.250. The summed E-state index contributed by atoms with van der Waals surface area (Å²) in [6.07, 6.45) is 0. The average Bonchev–Trinajstić information content (AvgIpc) is 3.37. The number of ether oxygens (including phenoxy) is 2. The molecule has 1 aliphatic heterocycles. The molecule has 8 heteroatoms. The molecule has 1 amide bonds. The predicted octanol–water partition coefficient (Wildman–Crippen LogP) is 3.82. The Morgan fingerprint density at radius 2 is 1.86 bits per heavy atom. The van der Waals surface area contributed by atoms with Crippen molar-refractivity contribution in [2.45, 2.75) is 30.4 Å². The van der Waals surface area contributed by atoms with Crippen LogP contribution in [0.1, 0.15) is 25.5 Å². The minimum atomic E-state index is -0.379. The number of amides is 1. The average molecular weight is 397 g/mol. The zero-order valence-corrected chi connectivity index (χ0v) is 16.2. The summed E-state index contributed by atoms with van der Waals surface area (Å²) in [5.74, 6) is 1.61. The van der Waals surface area contributed by atoms with Gasteiger partial charge in [-0.1, -0.05) is 42.1 Å². The minimum Gasteiger partial charge on any atom is -0.454 e. The Morgan fingerprint density at radius 3 is 2.68 bits per heavy atom. The molecule has 1 N–H and O–H groups in total. The molecule has 2 aromatic carbocycles. The molecule has 4 rings (SSSR count). The Balaban J connectivity index is 1.38. The third-order valence-corrected chi connectivity index (χ3v) is 5.27. The van der Waals surface area contributed by atoms with Gasteiger partial charge in [-0.25, -0.2) is 0 Å². The molecular weight excluding hydrogens is 378 g/mol. The van der Waals surface area contributed by atoms with Crippen molar-refractivity contribution < 1.29 is 18.7 Å². The Morgan fingerprint density at radius 1 is 1.07 bits per heavy atom. The van der Waals surface area contributed by atoms with E-state index in [1.165, 1.54) is 11.8 Å². The summed E-state index contributed by atoms with van der Waals surface area (Å²) in [6, 6.07) is 15.2. The van der Waals surface area contributed by atoms with Crippen molar-refractivity contribution in [2.24, 2.45) is 0 Å². The topological polar surface area (TPSA) is 86.5 Å². The van der Waals surface area contributed by atoms with Crippen LogP contribution in [0.3, 0.4) is 0 Å².